The second-order valence-corrected chi connectivity index (χ2v) is 8.91. The molecule has 1 heterocycles. The van der Waals surface area contributed by atoms with E-state index in [1.165, 1.54) is 68.3 Å². The van der Waals surface area contributed by atoms with Crippen molar-refractivity contribution in [3.05, 3.63) is 58.7 Å². The van der Waals surface area contributed by atoms with Gasteiger partial charge in [0, 0.05) is 24.6 Å². The fraction of sp³-hybridized carbons (Fsp3) is 0.538. The molecule has 0 aromatic heterocycles. The maximum absolute atomic E-state index is 9.91. The van der Waals surface area contributed by atoms with Crippen LogP contribution in [0.25, 0.3) is 0 Å². The molecule has 2 aromatic rings. The topological polar surface area (TPSA) is 32.7 Å². The van der Waals surface area contributed by atoms with Crippen molar-refractivity contribution in [2.45, 2.75) is 64.8 Å². The molecule has 0 amide bonds. The highest BCUT2D eigenvalue weighted by Crippen LogP contribution is 2.30. The van der Waals surface area contributed by atoms with E-state index >= 15 is 0 Å². The molecule has 1 saturated carbocycles. The highest BCUT2D eigenvalue weighted by molar-refractivity contribution is 5.43. The quantitative estimate of drug-likeness (QED) is 0.630. The third kappa shape index (κ3) is 5.54. The molecule has 2 aliphatic rings. The standard InChI is InChI=1S/C26H34NO2/c1-20-16-22(8-9-24(20)19-27-13-4-5-14-27)17-23-10-11-25(28)18-26(23)29-15-12-21-6-2-3-7-21/h8-9,11,16,18,21,28H,2-7,12-15,17,19H2,1H3. The van der Waals surface area contributed by atoms with Crippen molar-refractivity contribution in [1.82, 2.24) is 4.90 Å². The molecule has 1 radical (unpaired) electrons. The lowest BCUT2D eigenvalue weighted by atomic mass is 9.99. The summed E-state index contributed by atoms with van der Waals surface area (Å²) in [6.07, 6.45) is 9.96. The van der Waals surface area contributed by atoms with Crippen LogP contribution in [0.15, 0.2) is 30.3 Å². The molecule has 1 saturated heterocycles. The van der Waals surface area contributed by atoms with Gasteiger partial charge in [0.1, 0.15) is 11.5 Å². The van der Waals surface area contributed by atoms with Gasteiger partial charge in [-0.1, -0.05) is 43.9 Å². The van der Waals surface area contributed by atoms with E-state index in [-0.39, 0.29) is 5.75 Å². The van der Waals surface area contributed by atoms with E-state index < -0.39 is 0 Å². The Morgan fingerprint density at radius 1 is 1.10 bits per heavy atom. The lowest BCUT2D eigenvalue weighted by Crippen LogP contribution is -2.19. The molecule has 1 aliphatic carbocycles. The van der Waals surface area contributed by atoms with Crippen LogP contribution in [0.3, 0.4) is 0 Å². The molecule has 1 aliphatic heterocycles. The van der Waals surface area contributed by atoms with Crippen molar-refractivity contribution in [2.75, 3.05) is 19.7 Å². The van der Waals surface area contributed by atoms with Crippen molar-refractivity contribution in [2.24, 2.45) is 5.92 Å². The van der Waals surface area contributed by atoms with Crippen LogP contribution >= 0.6 is 0 Å². The zero-order valence-electron chi connectivity index (χ0n) is 17.8. The predicted molar refractivity (Wildman–Crippen MR) is 118 cm³/mol. The summed E-state index contributed by atoms with van der Waals surface area (Å²) in [7, 11) is 0. The van der Waals surface area contributed by atoms with Crippen molar-refractivity contribution in [1.29, 1.82) is 0 Å². The van der Waals surface area contributed by atoms with E-state index in [1.54, 1.807) is 12.1 Å². The fourth-order valence-electron chi connectivity index (χ4n) is 4.83. The van der Waals surface area contributed by atoms with Gasteiger partial charge in [-0.2, -0.15) is 0 Å². The van der Waals surface area contributed by atoms with Gasteiger partial charge in [-0.3, -0.25) is 4.90 Å². The number of likely N-dealkylation sites (tertiary alicyclic amines) is 1. The van der Waals surface area contributed by atoms with E-state index in [1.807, 2.05) is 0 Å². The lowest BCUT2D eigenvalue weighted by Gasteiger charge is -2.17. The first-order valence-electron chi connectivity index (χ1n) is 11.3. The first kappa shape index (κ1) is 20.3. The summed E-state index contributed by atoms with van der Waals surface area (Å²) in [5.41, 5.74) is 5.09. The minimum Gasteiger partial charge on any atom is -0.508 e. The lowest BCUT2D eigenvalue weighted by molar-refractivity contribution is 0.276. The Morgan fingerprint density at radius 3 is 2.66 bits per heavy atom. The number of benzene rings is 2. The summed E-state index contributed by atoms with van der Waals surface area (Å²) < 4.78 is 6.10. The van der Waals surface area contributed by atoms with E-state index in [0.29, 0.717) is 0 Å². The number of phenolic OH excluding ortho intramolecular Hbond substituents is 1. The number of hydrogen-bond acceptors (Lipinski definition) is 3. The maximum Gasteiger partial charge on any atom is 0.127 e. The second kappa shape index (κ2) is 9.67. The van der Waals surface area contributed by atoms with Crippen LogP contribution in [-0.4, -0.2) is 29.7 Å². The molecule has 3 heteroatoms. The van der Waals surface area contributed by atoms with Gasteiger partial charge in [0.15, 0.2) is 0 Å². The van der Waals surface area contributed by atoms with Gasteiger partial charge >= 0.3 is 0 Å². The number of ether oxygens (including phenoxy) is 1. The molecular weight excluding hydrogens is 358 g/mol. The zero-order valence-corrected chi connectivity index (χ0v) is 17.8. The predicted octanol–water partition coefficient (Wildman–Crippen LogP) is 5.65. The van der Waals surface area contributed by atoms with Gasteiger partial charge in [0.05, 0.1) is 6.61 Å². The Kier molecular flexibility index (Phi) is 6.76. The molecule has 29 heavy (non-hydrogen) atoms. The van der Waals surface area contributed by atoms with Crippen LogP contribution in [0.4, 0.5) is 0 Å². The summed E-state index contributed by atoms with van der Waals surface area (Å²) in [5, 5.41) is 9.91. The van der Waals surface area contributed by atoms with E-state index in [9.17, 15) is 5.11 Å². The first-order valence-corrected chi connectivity index (χ1v) is 11.3. The van der Waals surface area contributed by atoms with Crippen molar-refractivity contribution in [3.8, 4) is 11.5 Å². The average Bonchev–Trinajstić information content (AvgIpc) is 3.40. The number of aromatic hydroxyl groups is 1. The number of hydrogen-bond donors (Lipinski definition) is 1. The molecule has 0 spiro atoms. The van der Waals surface area contributed by atoms with Gasteiger partial charge in [-0.05, 0) is 74.0 Å². The molecule has 4 rings (SSSR count). The van der Waals surface area contributed by atoms with E-state index in [0.717, 1.165) is 43.2 Å². The summed E-state index contributed by atoms with van der Waals surface area (Å²) in [4.78, 5) is 2.55. The number of aryl methyl sites for hydroxylation is 1. The van der Waals surface area contributed by atoms with Crippen LogP contribution < -0.4 is 4.74 Å². The zero-order chi connectivity index (χ0) is 20.1. The molecule has 2 fully saturated rings. The maximum atomic E-state index is 9.91. The molecule has 155 valence electrons. The third-order valence-corrected chi connectivity index (χ3v) is 6.61. The van der Waals surface area contributed by atoms with Gasteiger partial charge in [-0.25, -0.2) is 0 Å². The molecule has 3 nitrogen and oxygen atoms in total. The SMILES string of the molecule is Cc1cc(Cc2[c]cc(O)cc2OCCC2CCCC2)ccc1CN1CCCC1. The largest absolute Gasteiger partial charge is 0.508 e. The number of nitrogens with zero attached hydrogens (tertiary/aromatic N) is 1. The van der Waals surface area contributed by atoms with Gasteiger partial charge in [0.25, 0.3) is 0 Å². The Hall–Kier alpha value is -2.00. The fourth-order valence-corrected chi connectivity index (χ4v) is 4.83. The van der Waals surface area contributed by atoms with Gasteiger partial charge in [-0.15, -0.1) is 0 Å². The molecule has 0 atom stereocenters. The minimum atomic E-state index is 0.224. The summed E-state index contributed by atoms with van der Waals surface area (Å²) in [6.45, 7) is 6.46. The Balaban J connectivity index is 1.40. The highest BCUT2D eigenvalue weighted by atomic mass is 16.5. The van der Waals surface area contributed by atoms with Crippen molar-refractivity contribution >= 4 is 0 Å². The molecular formula is C26H34NO2. The monoisotopic (exact) mass is 392 g/mol. The average molecular weight is 393 g/mol. The molecule has 0 bridgehead atoms. The molecule has 0 unspecified atom stereocenters. The number of rotatable bonds is 8. The Bertz CT molecular complexity index is 804. The smallest absolute Gasteiger partial charge is 0.127 e. The minimum absolute atomic E-state index is 0.224. The first-order chi connectivity index (χ1) is 14.2. The van der Waals surface area contributed by atoms with Crippen molar-refractivity contribution in [3.63, 3.8) is 0 Å². The number of phenols is 1. The van der Waals surface area contributed by atoms with Crippen LogP contribution in [-0.2, 0) is 13.0 Å². The van der Waals surface area contributed by atoms with E-state index in [4.69, 9.17) is 4.74 Å². The second-order valence-electron chi connectivity index (χ2n) is 8.91. The van der Waals surface area contributed by atoms with Crippen LogP contribution in [0.5, 0.6) is 11.5 Å². The third-order valence-electron chi connectivity index (χ3n) is 6.61. The van der Waals surface area contributed by atoms with Crippen LogP contribution in [0, 0.1) is 18.9 Å². The van der Waals surface area contributed by atoms with Gasteiger partial charge < -0.3 is 9.84 Å². The normalized spacial score (nSPS) is 17.8. The summed E-state index contributed by atoms with van der Waals surface area (Å²) >= 11 is 0. The highest BCUT2D eigenvalue weighted by Gasteiger charge is 2.16. The summed E-state index contributed by atoms with van der Waals surface area (Å²) in [5.74, 6) is 1.81. The summed E-state index contributed by atoms with van der Waals surface area (Å²) in [6, 6.07) is 13.5. The van der Waals surface area contributed by atoms with E-state index in [2.05, 4.69) is 36.1 Å². The van der Waals surface area contributed by atoms with Crippen molar-refractivity contribution < 1.29 is 9.84 Å². The Morgan fingerprint density at radius 2 is 1.90 bits per heavy atom. The molecule has 2 aromatic carbocycles. The van der Waals surface area contributed by atoms with Gasteiger partial charge in [0.2, 0.25) is 0 Å². The van der Waals surface area contributed by atoms with Crippen LogP contribution in [0.2, 0.25) is 0 Å². The van der Waals surface area contributed by atoms with Crippen LogP contribution in [0.1, 0.15) is 67.2 Å². The Labute approximate surface area is 175 Å². The molecule has 1 N–H and O–H groups in total.